The molecule has 1 aromatic rings. The molecule has 0 spiro atoms. The van der Waals surface area contributed by atoms with Crippen molar-refractivity contribution in [2.24, 2.45) is 0 Å². The number of carbonyl (C=O) groups is 1. The summed E-state index contributed by atoms with van der Waals surface area (Å²) < 4.78 is 1.80. The molecule has 2 heterocycles. The number of fused-ring (bicyclic) bond motifs is 1. The maximum absolute atomic E-state index is 12.0. The van der Waals surface area contributed by atoms with E-state index in [4.69, 9.17) is 0 Å². The van der Waals surface area contributed by atoms with Crippen molar-refractivity contribution in [3.05, 3.63) is 17.5 Å². The second-order valence-electron chi connectivity index (χ2n) is 3.99. The predicted octanol–water partition coefficient (Wildman–Crippen LogP) is 1.06. The number of aryl methyl sites for hydroxylation is 1. The average Bonchev–Trinajstić information content (AvgIpc) is 2.48. The van der Waals surface area contributed by atoms with Gasteiger partial charge in [0, 0.05) is 12.6 Å². The Bertz CT molecular complexity index is 367. The summed E-state index contributed by atoms with van der Waals surface area (Å²) in [4.78, 5) is 13.9. The molecular weight excluding hydrogens is 178 g/mol. The van der Waals surface area contributed by atoms with Crippen LogP contribution in [0.15, 0.2) is 6.20 Å². The molecule has 1 aliphatic heterocycles. The van der Waals surface area contributed by atoms with Crippen molar-refractivity contribution in [1.29, 1.82) is 0 Å². The van der Waals surface area contributed by atoms with Crippen LogP contribution in [0.5, 0.6) is 0 Å². The molecule has 76 valence electrons. The van der Waals surface area contributed by atoms with E-state index in [0.29, 0.717) is 0 Å². The Kier molecular flexibility index (Phi) is 2.06. The molecule has 0 radical (unpaired) electrons. The lowest BCUT2D eigenvalue weighted by Gasteiger charge is -2.31. The second kappa shape index (κ2) is 3.12. The molecule has 0 atom stereocenters. The van der Waals surface area contributed by atoms with Gasteiger partial charge in [0.15, 0.2) is 0 Å². The van der Waals surface area contributed by atoms with Crippen molar-refractivity contribution in [1.82, 2.24) is 14.7 Å². The highest BCUT2D eigenvalue weighted by Gasteiger charge is 2.28. The van der Waals surface area contributed by atoms with E-state index in [9.17, 15) is 4.79 Å². The van der Waals surface area contributed by atoms with E-state index in [1.54, 1.807) is 10.9 Å². The lowest BCUT2D eigenvalue weighted by molar-refractivity contribution is 0.0640. The number of nitrogens with zero attached hydrogens (tertiary/aromatic N) is 3. The molecule has 4 nitrogen and oxygen atoms in total. The Morgan fingerprint density at radius 3 is 2.79 bits per heavy atom. The third-order valence-electron chi connectivity index (χ3n) is 2.66. The highest BCUT2D eigenvalue weighted by Crippen LogP contribution is 2.17. The quantitative estimate of drug-likeness (QED) is 0.668. The Morgan fingerprint density at radius 2 is 2.14 bits per heavy atom. The summed E-state index contributed by atoms with van der Waals surface area (Å²) in [5.74, 6) is 0.112. The minimum absolute atomic E-state index is 0.112. The zero-order valence-electron chi connectivity index (χ0n) is 8.82. The number of aromatic nitrogens is 2. The summed E-state index contributed by atoms with van der Waals surface area (Å²) in [6.07, 6.45) is 1.76. The van der Waals surface area contributed by atoms with Crippen LogP contribution in [0.1, 0.15) is 29.9 Å². The first kappa shape index (κ1) is 9.24. The minimum atomic E-state index is 0.112. The third-order valence-corrected chi connectivity index (χ3v) is 2.66. The third kappa shape index (κ3) is 1.22. The highest BCUT2D eigenvalue weighted by molar-refractivity contribution is 5.94. The standard InChI is InChI=1S/C10H15N3O/c1-7(2)12-4-5-13-9(10(12)14)8(3)6-11-13/h6-7H,4-5H2,1-3H3. The van der Waals surface area contributed by atoms with Gasteiger partial charge < -0.3 is 4.90 Å². The van der Waals surface area contributed by atoms with Gasteiger partial charge in [-0.25, -0.2) is 0 Å². The topological polar surface area (TPSA) is 38.1 Å². The molecule has 1 aromatic heterocycles. The van der Waals surface area contributed by atoms with E-state index in [1.165, 1.54) is 0 Å². The van der Waals surface area contributed by atoms with Crippen molar-refractivity contribution in [3.63, 3.8) is 0 Å². The first-order valence-electron chi connectivity index (χ1n) is 4.94. The summed E-state index contributed by atoms with van der Waals surface area (Å²) in [6, 6.07) is 0.269. The van der Waals surface area contributed by atoms with E-state index >= 15 is 0 Å². The van der Waals surface area contributed by atoms with Gasteiger partial charge in [-0.05, 0) is 26.3 Å². The van der Waals surface area contributed by atoms with Gasteiger partial charge in [-0.2, -0.15) is 5.10 Å². The molecule has 0 N–H and O–H groups in total. The Balaban J connectivity index is 2.40. The smallest absolute Gasteiger partial charge is 0.272 e. The molecule has 1 amide bonds. The van der Waals surface area contributed by atoms with Gasteiger partial charge in [-0.1, -0.05) is 0 Å². The predicted molar refractivity (Wildman–Crippen MR) is 53.1 cm³/mol. The number of amides is 1. The van der Waals surface area contributed by atoms with Crippen molar-refractivity contribution >= 4 is 5.91 Å². The molecule has 0 saturated heterocycles. The summed E-state index contributed by atoms with van der Waals surface area (Å²) in [5.41, 5.74) is 1.73. The SMILES string of the molecule is Cc1cnn2c1C(=O)N(C(C)C)CC2. The zero-order valence-corrected chi connectivity index (χ0v) is 8.82. The van der Waals surface area contributed by atoms with Gasteiger partial charge in [-0.3, -0.25) is 9.48 Å². The van der Waals surface area contributed by atoms with E-state index in [2.05, 4.69) is 5.10 Å². The van der Waals surface area contributed by atoms with Gasteiger partial charge in [0.1, 0.15) is 5.69 Å². The molecule has 14 heavy (non-hydrogen) atoms. The molecule has 0 aliphatic carbocycles. The molecule has 0 saturated carbocycles. The lowest BCUT2D eigenvalue weighted by Crippen LogP contribution is -2.44. The molecular formula is C10H15N3O. The van der Waals surface area contributed by atoms with Crippen LogP contribution >= 0.6 is 0 Å². The number of hydrogen-bond acceptors (Lipinski definition) is 2. The van der Waals surface area contributed by atoms with Crippen LogP contribution in [0.4, 0.5) is 0 Å². The fourth-order valence-corrected chi connectivity index (χ4v) is 1.86. The average molecular weight is 193 g/mol. The van der Waals surface area contributed by atoms with Crippen LogP contribution in [-0.4, -0.2) is 33.2 Å². The lowest BCUT2D eigenvalue weighted by atomic mass is 10.2. The van der Waals surface area contributed by atoms with E-state index < -0.39 is 0 Å². The maximum Gasteiger partial charge on any atom is 0.272 e. The Hall–Kier alpha value is -1.32. The van der Waals surface area contributed by atoms with E-state index in [-0.39, 0.29) is 11.9 Å². The van der Waals surface area contributed by atoms with E-state index in [1.807, 2.05) is 25.7 Å². The van der Waals surface area contributed by atoms with Crippen LogP contribution < -0.4 is 0 Å². The van der Waals surface area contributed by atoms with Crippen LogP contribution in [0.3, 0.4) is 0 Å². The Labute approximate surface area is 83.5 Å². The number of hydrogen-bond donors (Lipinski definition) is 0. The van der Waals surface area contributed by atoms with Crippen LogP contribution in [-0.2, 0) is 6.54 Å². The Morgan fingerprint density at radius 1 is 1.43 bits per heavy atom. The summed E-state index contributed by atoms with van der Waals surface area (Å²) in [7, 11) is 0. The molecule has 0 aromatic carbocycles. The summed E-state index contributed by atoms with van der Waals surface area (Å²) in [5, 5.41) is 4.17. The van der Waals surface area contributed by atoms with Gasteiger partial charge >= 0.3 is 0 Å². The number of rotatable bonds is 1. The zero-order chi connectivity index (χ0) is 10.3. The molecule has 0 unspecified atom stereocenters. The maximum atomic E-state index is 12.0. The molecule has 4 heteroatoms. The van der Waals surface area contributed by atoms with Crippen LogP contribution in [0.25, 0.3) is 0 Å². The van der Waals surface area contributed by atoms with Crippen molar-refractivity contribution in [2.45, 2.75) is 33.4 Å². The highest BCUT2D eigenvalue weighted by atomic mass is 16.2. The molecule has 1 aliphatic rings. The summed E-state index contributed by atoms with van der Waals surface area (Å²) in [6.45, 7) is 7.59. The normalized spacial score (nSPS) is 16.3. The van der Waals surface area contributed by atoms with Gasteiger partial charge in [0.2, 0.25) is 0 Å². The fraction of sp³-hybridized carbons (Fsp3) is 0.600. The fourth-order valence-electron chi connectivity index (χ4n) is 1.86. The van der Waals surface area contributed by atoms with E-state index in [0.717, 1.165) is 24.3 Å². The van der Waals surface area contributed by atoms with Gasteiger partial charge in [0.05, 0.1) is 12.7 Å². The number of carbonyl (C=O) groups excluding carboxylic acids is 1. The first-order chi connectivity index (χ1) is 6.61. The molecule has 2 rings (SSSR count). The first-order valence-corrected chi connectivity index (χ1v) is 4.94. The van der Waals surface area contributed by atoms with Gasteiger partial charge in [0.25, 0.3) is 5.91 Å². The van der Waals surface area contributed by atoms with Crippen LogP contribution in [0, 0.1) is 6.92 Å². The van der Waals surface area contributed by atoms with Crippen LogP contribution in [0.2, 0.25) is 0 Å². The van der Waals surface area contributed by atoms with Crippen molar-refractivity contribution in [2.75, 3.05) is 6.54 Å². The largest absolute Gasteiger partial charge is 0.333 e. The second-order valence-corrected chi connectivity index (χ2v) is 3.99. The van der Waals surface area contributed by atoms with Crippen molar-refractivity contribution < 1.29 is 4.79 Å². The molecule has 0 bridgehead atoms. The summed E-state index contributed by atoms with van der Waals surface area (Å²) >= 11 is 0. The van der Waals surface area contributed by atoms with Gasteiger partial charge in [-0.15, -0.1) is 0 Å². The monoisotopic (exact) mass is 193 g/mol. The van der Waals surface area contributed by atoms with Crippen molar-refractivity contribution in [3.8, 4) is 0 Å². The minimum Gasteiger partial charge on any atom is -0.333 e. The molecule has 0 fully saturated rings.